The normalized spacial score (nSPS) is 11.4. The second-order valence-corrected chi connectivity index (χ2v) is 7.42. The summed E-state index contributed by atoms with van der Waals surface area (Å²) in [6.45, 7) is 0.694. The SMILES string of the molecule is c1ccc(Cn2c(-c3ccccc3)c(-c3ccccc3)c3c2ncn2nnnc32)cc1. The van der Waals surface area contributed by atoms with Gasteiger partial charge in [-0.3, -0.25) is 0 Å². The van der Waals surface area contributed by atoms with Gasteiger partial charge in [-0.2, -0.15) is 4.52 Å². The number of rotatable bonds is 4. The molecule has 0 saturated heterocycles. The van der Waals surface area contributed by atoms with Crippen molar-refractivity contribution >= 4 is 16.7 Å². The quantitative estimate of drug-likeness (QED) is 0.423. The first-order valence-electron chi connectivity index (χ1n) is 10.1. The Morgan fingerprint density at radius 1 is 0.677 bits per heavy atom. The van der Waals surface area contributed by atoms with E-state index in [1.807, 2.05) is 18.2 Å². The molecular formula is C25H18N6. The summed E-state index contributed by atoms with van der Waals surface area (Å²) in [5.41, 5.74) is 7.20. The first kappa shape index (κ1) is 17.5. The summed E-state index contributed by atoms with van der Waals surface area (Å²) in [4.78, 5) is 4.79. The van der Waals surface area contributed by atoms with Gasteiger partial charge < -0.3 is 4.57 Å². The van der Waals surface area contributed by atoms with Crippen LogP contribution in [0.5, 0.6) is 0 Å². The number of benzene rings is 3. The smallest absolute Gasteiger partial charge is 0.192 e. The average molecular weight is 402 g/mol. The van der Waals surface area contributed by atoms with Crippen molar-refractivity contribution in [2.75, 3.05) is 0 Å². The van der Waals surface area contributed by atoms with E-state index in [4.69, 9.17) is 4.98 Å². The fourth-order valence-electron chi connectivity index (χ4n) is 4.20. The third kappa shape index (κ3) is 2.88. The number of hydrogen-bond acceptors (Lipinski definition) is 4. The van der Waals surface area contributed by atoms with Crippen LogP contribution >= 0.6 is 0 Å². The van der Waals surface area contributed by atoms with Gasteiger partial charge in [0, 0.05) is 12.1 Å². The summed E-state index contributed by atoms with van der Waals surface area (Å²) in [6, 6.07) is 31.3. The average Bonchev–Trinajstić information content (AvgIpc) is 3.44. The Morgan fingerprint density at radius 3 is 2.03 bits per heavy atom. The highest BCUT2D eigenvalue weighted by atomic mass is 15.5. The maximum absolute atomic E-state index is 4.79. The number of hydrogen-bond donors (Lipinski definition) is 0. The van der Waals surface area contributed by atoms with E-state index in [-0.39, 0.29) is 0 Å². The molecular weight excluding hydrogens is 384 g/mol. The van der Waals surface area contributed by atoms with E-state index < -0.39 is 0 Å². The van der Waals surface area contributed by atoms with Gasteiger partial charge in [-0.15, -0.1) is 5.10 Å². The van der Waals surface area contributed by atoms with Crippen LogP contribution < -0.4 is 0 Å². The van der Waals surface area contributed by atoms with Crippen molar-refractivity contribution in [3.05, 3.63) is 103 Å². The third-order valence-electron chi connectivity index (χ3n) is 5.54. The largest absolute Gasteiger partial charge is 0.320 e. The van der Waals surface area contributed by atoms with Crippen LogP contribution in [0.1, 0.15) is 5.56 Å². The number of nitrogens with zero attached hydrogens (tertiary/aromatic N) is 6. The highest BCUT2D eigenvalue weighted by Gasteiger charge is 2.24. The molecule has 0 saturated carbocycles. The molecule has 0 radical (unpaired) electrons. The number of fused-ring (bicyclic) bond motifs is 3. The Hall–Kier alpha value is -4.32. The summed E-state index contributed by atoms with van der Waals surface area (Å²) < 4.78 is 3.91. The summed E-state index contributed by atoms with van der Waals surface area (Å²) in [6.07, 6.45) is 1.68. The molecule has 3 aromatic carbocycles. The van der Waals surface area contributed by atoms with Crippen molar-refractivity contribution in [1.29, 1.82) is 0 Å². The molecule has 0 bridgehead atoms. The van der Waals surface area contributed by atoms with Crippen LogP contribution in [-0.2, 0) is 6.54 Å². The van der Waals surface area contributed by atoms with Gasteiger partial charge in [-0.25, -0.2) is 4.98 Å². The van der Waals surface area contributed by atoms with Crippen molar-refractivity contribution in [3.8, 4) is 22.4 Å². The first-order valence-corrected chi connectivity index (χ1v) is 10.1. The summed E-state index contributed by atoms with van der Waals surface area (Å²) in [5, 5.41) is 13.3. The van der Waals surface area contributed by atoms with E-state index in [1.54, 1.807) is 10.8 Å². The molecule has 6 heteroatoms. The number of aromatic nitrogens is 6. The van der Waals surface area contributed by atoms with Crippen LogP contribution in [-0.4, -0.2) is 29.6 Å². The van der Waals surface area contributed by atoms with Crippen molar-refractivity contribution in [3.63, 3.8) is 0 Å². The molecule has 3 aromatic heterocycles. The number of tetrazole rings is 1. The Balaban J connectivity index is 1.77. The van der Waals surface area contributed by atoms with Gasteiger partial charge in [0.05, 0.1) is 11.1 Å². The van der Waals surface area contributed by atoms with E-state index in [9.17, 15) is 0 Å². The molecule has 0 spiro atoms. The minimum absolute atomic E-state index is 0.694. The summed E-state index contributed by atoms with van der Waals surface area (Å²) >= 11 is 0. The second-order valence-electron chi connectivity index (χ2n) is 7.42. The monoisotopic (exact) mass is 402 g/mol. The Kier molecular flexibility index (Phi) is 4.06. The second kappa shape index (κ2) is 7.18. The molecule has 0 unspecified atom stereocenters. The zero-order valence-electron chi connectivity index (χ0n) is 16.6. The van der Waals surface area contributed by atoms with Crippen LogP contribution in [0.2, 0.25) is 0 Å². The minimum atomic E-state index is 0.694. The van der Waals surface area contributed by atoms with Crippen LogP contribution in [0, 0.1) is 0 Å². The maximum Gasteiger partial charge on any atom is 0.192 e. The van der Waals surface area contributed by atoms with E-state index in [2.05, 4.69) is 92.9 Å². The zero-order valence-corrected chi connectivity index (χ0v) is 16.6. The highest BCUT2D eigenvalue weighted by Crippen LogP contribution is 2.41. The summed E-state index contributed by atoms with van der Waals surface area (Å²) in [5.74, 6) is 0. The van der Waals surface area contributed by atoms with Gasteiger partial charge in [0.25, 0.3) is 0 Å². The Labute approximate surface area is 178 Å². The molecule has 0 amide bonds. The van der Waals surface area contributed by atoms with Gasteiger partial charge in [-0.05, 0) is 27.1 Å². The summed E-state index contributed by atoms with van der Waals surface area (Å²) in [7, 11) is 0. The van der Waals surface area contributed by atoms with Crippen molar-refractivity contribution in [2.45, 2.75) is 6.54 Å². The molecule has 0 aliphatic heterocycles. The lowest BCUT2D eigenvalue weighted by molar-refractivity contribution is 0.800. The lowest BCUT2D eigenvalue weighted by Gasteiger charge is -2.13. The Bertz CT molecular complexity index is 1490. The molecule has 0 atom stereocenters. The van der Waals surface area contributed by atoms with Crippen LogP contribution in [0.15, 0.2) is 97.3 Å². The van der Waals surface area contributed by atoms with Gasteiger partial charge >= 0.3 is 0 Å². The van der Waals surface area contributed by atoms with E-state index >= 15 is 0 Å². The van der Waals surface area contributed by atoms with E-state index in [1.165, 1.54) is 5.56 Å². The molecule has 3 heterocycles. The standard InChI is InChI=1S/C25H18N6/c1-4-10-18(11-5-1)16-30-23(20-14-8-3-9-15-20)21(19-12-6-2-7-13-19)22-24(30)26-17-31-25(22)27-28-29-31/h1-15,17H,16H2. The molecule has 6 nitrogen and oxygen atoms in total. The van der Waals surface area contributed by atoms with Crippen molar-refractivity contribution in [1.82, 2.24) is 29.6 Å². The predicted octanol–water partition coefficient (Wildman–Crippen LogP) is 4.86. The molecule has 0 N–H and O–H groups in total. The van der Waals surface area contributed by atoms with Crippen LogP contribution in [0.4, 0.5) is 0 Å². The van der Waals surface area contributed by atoms with Crippen LogP contribution in [0.3, 0.4) is 0 Å². The zero-order chi connectivity index (χ0) is 20.6. The molecule has 6 rings (SSSR count). The fourth-order valence-corrected chi connectivity index (χ4v) is 4.20. The maximum atomic E-state index is 4.79. The van der Waals surface area contributed by atoms with Gasteiger partial charge in [0.2, 0.25) is 0 Å². The highest BCUT2D eigenvalue weighted by molar-refractivity contribution is 6.09. The van der Waals surface area contributed by atoms with E-state index in [0.717, 1.165) is 33.4 Å². The van der Waals surface area contributed by atoms with Crippen molar-refractivity contribution < 1.29 is 0 Å². The predicted molar refractivity (Wildman–Crippen MR) is 120 cm³/mol. The van der Waals surface area contributed by atoms with Gasteiger partial charge in [0.15, 0.2) is 5.65 Å². The molecule has 148 valence electrons. The van der Waals surface area contributed by atoms with E-state index in [0.29, 0.717) is 12.2 Å². The topological polar surface area (TPSA) is 60.9 Å². The van der Waals surface area contributed by atoms with Crippen LogP contribution in [0.25, 0.3) is 39.1 Å². The van der Waals surface area contributed by atoms with Gasteiger partial charge in [-0.1, -0.05) is 91.0 Å². The lowest BCUT2D eigenvalue weighted by atomic mass is 9.99. The Morgan fingerprint density at radius 2 is 1.32 bits per heavy atom. The lowest BCUT2D eigenvalue weighted by Crippen LogP contribution is -2.03. The third-order valence-corrected chi connectivity index (χ3v) is 5.54. The minimum Gasteiger partial charge on any atom is -0.320 e. The fraction of sp³-hybridized carbons (Fsp3) is 0.0400. The van der Waals surface area contributed by atoms with Gasteiger partial charge in [0.1, 0.15) is 12.0 Å². The molecule has 0 fully saturated rings. The molecule has 6 aromatic rings. The molecule has 0 aliphatic rings. The first-order chi connectivity index (χ1) is 15.4. The molecule has 31 heavy (non-hydrogen) atoms. The van der Waals surface area contributed by atoms with Crippen molar-refractivity contribution in [2.24, 2.45) is 0 Å². The molecule has 0 aliphatic carbocycles.